The molecule has 5 nitrogen and oxygen atoms in total. The molecule has 1 aliphatic heterocycles. The number of nitrogens with zero attached hydrogens (tertiary/aromatic N) is 1. The average molecular weight is 311 g/mol. The second kappa shape index (κ2) is 6.67. The van der Waals surface area contributed by atoms with Crippen LogP contribution in [0.25, 0.3) is 0 Å². The Labute approximate surface area is 133 Å². The quantitative estimate of drug-likeness (QED) is 0.654. The summed E-state index contributed by atoms with van der Waals surface area (Å²) in [6, 6.07) is 7.61. The van der Waals surface area contributed by atoms with Gasteiger partial charge in [0.25, 0.3) is 0 Å². The number of ether oxygens (including phenoxy) is 1. The van der Waals surface area contributed by atoms with Crippen LogP contribution in [0, 0.1) is 29.5 Å². The van der Waals surface area contributed by atoms with Gasteiger partial charge in [-0.25, -0.2) is 9.18 Å². The molecular weight excluding hydrogens is 297 g/mol. The van der Waals surface area contributed by atoms with Crippen molar-refractivity contribution < 1.29 is 13.9 Å². The van der Waals surface area contributed by atoms with E-state index >= 15 is 0 Å². The molecule has 0 amide bonds. The molecule has 1 aromatic carbocycles. The number of benzene rings is 1. The first kappa shape index (κ1) is 16.1. The number of carbonyl (C=O) groups is 1. The van der Waals surface area contributed by atoms with Gasteiger partial charge in [-0.15, -0.1) is 6.42 Å². The van der Waals surface area contributed by atoms with Gasteiger partial charge in [0.1, 0.15) is 11.6 Å². The van der Waals surface area contributed by atoms with E-state index in [-0.39, 0.29) is 23.6 Å². The Bertz CT molecular complexity index is 797. The molecule has 0 aliphatic carbocycles. The first-order valence-electron chi connectivity index (χ1n) is 6.73. The van der Waals surface area contributed by atoms with E-state index in [0.29, 0.717) is 11.3 Å². The van der Waals surface area contributed by atoms with Crippen LogP contribution in [0.15, 0.2) is 46.9 Å². The number of nitrogens with one attached hydrogen (secondary N) is 1. The van der Waals surface area contributed by atoms with Gasteiger partial charge in [0.05, 0.1) is 23.1 Å². The predicted octanol–water partition coefficient (Wildman–Crippen LogP) is 1.66. The van der Waals surface area contributed by atoms with Crippen molar-refractivity contribution in [1.82, 2.24) is 5.32 Å². The highest BCUT2D eigenvalue weighted by Gasteiger charge is 2.34. The number of rotatable bonds is 3. The first-order valence-corrected chi connectivity index (χ1v) is 6.73. The highest BCUT2D eigenvalue weighted by atomic mass is 19.1. The van der Waals surface area contributed by atoms with Crippen molar-refractivity contribution in [3.05, 3.63) is 58.3 Å². The third kappa shape index (κ3) is 3.17. The largest absolute Gasteiger partial charge is 0.449 e. The number of carbonyl (C=O) groups excluding carboxylic acids is 1. The maximum atomic E-state index is 13.6. The van der Waals surface area contributed by atoms with Crippen LogP contribution < -0.4 is 11.1 Å². The Morgan fingerprint density at radius 1 is 1.57 bits per heavy atom. The average Bonchev–Trinajstić information content (AvgIpc) is 2.52. The second-order valence-corrected chi connectivity index (χ2v) is 4.87. The summed E-state index contributed by atoms with van der Waals surface area (Å²) >= 11 is 0. The molecule has 0 fully saturated rings. The molecule has 3 N–H and O–H groups in total. The van der Waals surface area contributed by atoms with Crippen LogP contribution in [-0.4, -0.2) is 12.6 Å². The van der Waals surface area contributed by atoms with Crippen molar-refractivity contribution in [1.29, 1.82) is 5.26 Å². The molecule has 0 aromatic heterocycles. The topological polar surface area (TPSA) is 88.1 Å². The van der Waals surface area contributed by atoms with E-state index in [1.54, 1.807) is 13.0 Å². The molecule has 0 spiro atoms. The molecule has 0 saturated carbocycles. The van der Waals surface area contributed by atoms with Crippen molar-refractivity contribution >= 4 is 5.97 Å². The van der Waals surface area contributed by atoms with Crippen LogP contribution in [0.3, 0.4) is 0 Å². The number of allylic oxidation sites excluding steroid dienone is 2. The summed E-state index contributed by atoms with van der Waals surface area (Å²) in [5.41, 5.74) is 7.00. The predicted molar refractivity (Wildman–Crippen MR) is 81.6 cm³/mol. The molecule has 0 radical (unpaired) electrons. The van der Waals surface area contributed by atoms with E-state index in [4.69, 9.17) is 16.9 Å². The fourth-order valence-electron chi connectivity index (χ4n) is 2.45. The minimum absolute atomic E-state index is 0.118. The third-order valence-electron chi connectivity index (χ3n) is 3.40. The van der Waals surface area contributed by atoms with Gasteiger partial charge >= 0.3 is 5.97 Å². The van der Waals surface area contributed by atoms with Gasteiger partial charge in [-0.1, -0.05) is 18.1 Å². The maximum Gasteiger partial charge on any atom is 0.337 e. The minimum Gasteiger partial charge on any atom is -0.449 e. The monoisotopic (exact) mass is 311 g/mol. The van der Waals surface area contributed by atoms with Crippen molar-refractivity contribution in [2.75, 3.05) is 6.61 Å². The molecule has 0 saturated heterocycles. The van der Waals surface area contributed by atoms with Crippen molar-refractivity contribution in [3.8, 4) is 18.4 Å². The van der Waals surface area contributed by atoms with E-state index in [1.807, 2.05) is 6.07 Å². The summed E-state index contributed by atoms with van der Waals surface area (Å²) in [6.45, 7) is 1.42. The van der Waals surface area contributed by atoms with E-state index in [0.717, 1.165) is 0 Å². The van der Waals surface area contributed by atoms with E-state index in [1.165, 1.54) is 18.2 Å². The number of nitrogens with two attached hydrogens (primary N) is 1. The zero-order chi connectivity index (χ0) is 17.0. The summed E-state index contributed by atoms with van der Waals surface area (Å²) in [7, 11) is 0. The van der Waals surface area contributed by atoms with Crippen LogP contribution in [0.2, 0.25) is 0 Å². The van der Waals surface area contributed by atoms with Gasteiger partial charge in [0, 0.05) is 5.70 Å². The summed E-state index contributed by atoms with van der Waals surface area (Å²) in [5, 5.41) is 12.2. The molecule has 116 valence electrons. The molecule has 1 aliphatic rings. The van der Waals surface area contributed by atoms with E-state index < -0.39 is 17.7 Å². The number of dihydropyridines is 1. The molecule has 1 heterocycles. The fourth-order valence-corrected chi connectivity index (χ4v) is 2.45. The molecule has 0 bridgehead atoms. The van der Waals surface area contributed by atoms with Crippen molar-refractivity contribution in [3.63, 3.8) is 0 Å². The first-order chi connectivity index (χ1) is 11.0. The van der Waals surface area contributed by atoms with Crippen LogP contribution in [0.1, 0.15) is 18.4 Å². The summed E-state index contributed by atoms with van der Waals surface area (Å²) in [5.74, 6) is 0.344. The number of hydrogen-bond donors (Lipinski definition) is 2. The standard InChI is InChI=1S/C17H14FN3O2/c1-3-7-23-17(22)14-10(2)21-16(20)13(9-19)15(14)11-5-4-6-12(18)8-11/h1,4-6,8,15,21H,7,20H2,2H3. The normalized spacial score (nSPS) is 17.1. The zero-order valence-electron chi connectivity index (χ0n) is 12.4. The Morgan fingerprint density at radius 3 is 2.91 bits per heavy atom. The van der Waals surface area contributed by atoms with Gasteiger partial charge in [-0.2, -0.15) is 5.26 Å². The van der Waals surface area contributed by atoms with Crippen LogP contribution >= 0.6 is 0 Å². The summed E-state index contributed by atoms with van der Waals surface area (Å²) < 4.78 is 18.5. The summed E-state index contributed by atoms with van der Waals surface area (Å²) in [4.78, 5) is 12.3. The maximum absolute atomic E-state index is 13.6. The van der Waals surface area contributed by atoms with Gasteiger partial charge in [0.2, 0.25) is 0 Å². The number of terminal acetylenes is 1. The van der Waals surface area contributed by atoms with Gasteiger partial charge in [-0.3, -0.25) is 0 Å². The van der Waals surface area contributed by atoms with Crippen LogP contribution in [0.4, 0.5) is 4.39 Å². The van der Waals surface area contributed by atoms with Crippen LogP contribution in [-0.2, 0) is 9.53 Å². The van der Waals surface area contributed by atoms with Gasteiger partial charge in [-0.05, 0) is 24.6 Å². The van der Waals surface area contributed by atoms with Crippen molar-refractivity contribution in [2.24, 2.45) is 5.73 Å². The number of halogens is 1. The number of esters is 1. The van der Waals surface area contributed by atoms with Gasteiger partial charge < -0.3 is 15.8 Å². The Hall–Kier alpha value is -3.25. The lowest BCUT2D eigenvalue weighted by Gasteiger charge is -2.27. The van der Waals surface area contributed by atoms with Gasteiger partial charge in [0.15, 0.2) is 6.61 Å². The molecule has 6 heteroatoms. The fraction of sp³-hybridized carbons (Fsp3) is 0.176. The van der Waals surface area contributed by atoms with E-state index in [9.17, 15) is 14.4 Å². The minimum atomic E-state index is -0.817. The van der Waals surface area contributed by atoms with E-state index in [2.05, 4.69) is 11.2 Å². The summed E-state index contributed by atoms with van der Waals surface area (Å²) in [6.07, 6.45) is 5.09. The molecule has 1 atom stereocenters. The zero-order valence-corrected chi connectivity index (χ0v) is 12.4. The molecule has 1 aromatic rings. The highest BCUT2D eigenvalue weighted by Crippen LogP contribution is 2.37. The Balaban J connectivity index is 2.58. The van der Waals surface area contributed by atoms with Crippen molar-refractivity contribution in [2.45, 2.75) is 12.8 Å². The second-order valence-electron chi connectivity index (χ2n) is 4.87. The SMILES string of the molecule is C#CCOC(=O)C1=C(C)NC(N)=C(C#N)C1c1cccc(F)c1. The lowest BCUT2D eigenvalue weighted by atomic mass is 9.82. The Kier molecular flexibility index (Phi) is 4.68. The number of hydrogen-bond acceptors (Lipinski definition) is 5. The molecule has 1 unspecified atom stereocenters. The highest BCUT2D eigenvalue weighted by molar-refractivity contribution is 5.93. The smallest absolute Gasteiger partial charge is 0.337 e. The molecule has 23 heavy (non-hydrogen) atoms. The molecular formula is C17H14FN3O2. The Morgan fingerprint density at radius 2 is 2.30 bits per heavy atom. The number of nitriles is 1. The molecule has 2 rings (SSSR count). The third-order valence-corrected chi connectivity index (χ3v) is 3.40. The van der Waals surface area contributed by atoms with Crippen LogP contribution in [0.5, 0.6) is 0 Å². The lowest BCUT2D eigenvalue weighted by molar-refractivity contribution is -0.138. The lowest BCUT2D eigenvalue weighted by Crippen LogP contribution is -2.32.